The lowest BCUT2D eigenvalue weighted by Gasteiger charge is -2.23. The summed E-state index contributed by atoms with van der Waals surface area (Å²) in [5, 5.41) is 0.524. The van der Waals surface area contributed by atoms with Crippen LogP contribution in [0.25, 0.3) is 0 Å². The lowest BCUT2D eigenvalue weighted by Crippen LogP contribution is -2.31. The Labute approximate surface area is 107 Å². The van der Waals surface area contributed by atoms with Crippen molar-refractivity contribution < 1.29 is 14.3 Å². The maximum absolute atomic E-state index is 11.9. The second-order valence-corrected chi connectivity index (χ2v) is 4.60. The van der Waals surface area contributed by atoms with E-state index in [1.165, 1.54) is 0 Å². The molecule has 1 aromatic carbocycles. The van der Waals surface area contributed by atoms with E-state index in [-0.39, 0.29) is 5.97 Å². The summed E-state index contributed by atoms with van der Waals surface area (Å²) in [5.41, 5.74) is 0.102. The molecule has 17 heavy (non-hydrogen) atoms. The highest BCUT2D eigenvalue weighted by molar-refractivity contribution is 6.32. The third-order valence-corrected chi connectivity index (χ3v) is 2.97. The van der Waals surface area contributed by atoms with E-state index >= 15 is 0 Å². The number of rotatable bonds is 4. The van der Waals surface area contributed by atoms with Crippen molar-refractivity contribution in [3.05, 3.63) is 28.8 Å². The van der Waals surface area contributed by atoms with Crippen molar-refractivity contribution in [3.63, 3.8) is 0 Å². The van der Waals surface area contributed by atoms with Crippen LogP contribution < -0.4 is 4.74 Å². The summed E-state index contributed by atoms with van der Waals surface area (Å²) in [6, 6.07) is 5.29. The molecule has 0 amide bonds. The second-order valence-electron chi connectivity index (χ2n) is 4.19. The van der Waals surface area contributed by atoms with Gasteiger partial charge < -0.3 is 9.47 Å². The van der Waals surface area contributed by atoms with Crippen molar-refractivity contribution in [2.24, 2.45) is 0 Å². The third-order valence-electron chi connectivity index (χ3n) is 2.66. The Hall–Kier alpha value is -1.22. The van der Waals surface area contributed by atoms with Crippen LogP contribution in [-0.2, 0) is 14.9 Å². The Morgan fingerprint density at radius 2 is 2.06 bits per heavy atom. The van der Waals surface area contributed by atoms with Crippen molar-refractivity contribution in [3.8, 4) is 5.75 Å². The SMILES string of the molecule is CCOC(=O)C(C)(C)c1ccc(Cl)c(OC)c1. The molecule has 1 aromatic rings. The molecule has 0 radical (unpaired) electrons. The molecule has 0 atom stereocenters. The smallest absolute Gasteiger partial charge is 0.315 e. The first-order chi connectivity index (χ1) is 7.93. The van der Waals surface area contributed by atoms with Crippen LogP contribution in [0.1, 0.15) is 26.3 Å². The van der Waals surface area contributed by atoms with Gasteiger partial charge in [0.2, 0.25) is 0 Å². The highest BCUT2D eigenvalue weighted by atomic mass is 35.5. The van der Waals surface area contributed by atoms with Gasteiger partial charge in [-0.1, -0.05) is 17.7 Å². The molecule has 0 fully saturated rings. The molecule has 0 aromatic heterocycles. The van der Waals surface area contributed by atoms with Gasteiger partial charge in [0.1, 0.15) is 5.75 Å². The van der Waals surface area contributed by atoms with E-state index in [1.807, 2.05) is 19.9 Å². The largest absolute Gasteiger partial charge is 0.495 e. The number of hydrogen-bond donors (Lipinski definition) is 0. The Bertz CT molecular complexity index is 413. The molecule has 0 bridgehead atoms. The monoisotopic (exact) mass is 256 g/mol. The summed E-state index contributed by atoms with van der Waals surface area (Å²) in [6.07, 6.45) is 0. The molecule has 0 N–H and O–H groups in total. The van der Waals surface area contributed by atoms with E-state index in [2.05, 4.69) is 0 Å². The van der Waals surface area contributed by atoms with E-state index in [1.54, 1.807) is 26.2 Å². The van der Waals surface area contributed by atoms with Crippen molar-refractivity contribution in [2.75, 3.05) is 13.7 Å². The summed E-state index contributed by atoms with van der Waals surface area (Å²) in [5.74, 6) is 0.297. The average Bonchev–Trinajstić information content (AvgIpc) is 2.29. The summed E-state index contributed by atoms with van der Waals surface area (Å²) in [6.45, 7) is 5.78. The molecular formula is C13H17ClO3. The molecule has 0 aliphatic carbocycles. The van der Waals surface area contributed by atoms with E-state index in [0.717, 1.165) is 5.56 Å². The van der Waals surface area contributed by atoms with Crippen LogP contribution >= 0.6 is 11.6 Å². The summed E-state index contributed by atoms with van der Waals surface area (Å²) in [4.78, 5) is 11.9. The standard InChI is InChI=1S/C13H17ClO3/c1-5-17-12(15)13(2,3)9-6-7-10(14)11(8-9)16-4/h6-8H,5H2,1-4H3. The zero-order chi connectivity index (χ0) is 13.1. The Kier molecular flexibility index (Phi) is 4.40. The van der Waals surface area contributed by atoms with Crippen LogP contribution in [0.3, 0.4) is 0 Å². The van der Waals surface area contributed by atoms with E-state index in [0.29, 0.717) is 17.4 Å². The van der Waals surface area contributed by atoms with Gasteiger partial charge in [0, 0.05) is 0 Å². The Morgan fingerprint density at radius 1 is 1.41 bits per heavy atom. The Balaban J connectivity index is 3.10. The minimum Gasteiger partial charge on any atom is -0.495 e. The number of hydrogen-bond acceptors (Lipinski definition) is 3. The van der Waals surface area contributed by atoms with Gasteiger partial charge in [-0.25, -0.2) is 0 Å². The highest BCUT2D eigenvalue weighted by Crippen LogP contribution is 2.32. The predicted octanol–water partition coefficient (Wildman–Crippen LogP) is 3.19. The molecule has 0 saturated carbocycles. The van der Waals surface area contributed by atoms with Crippen LogP contribution in [0.2, 0.25) is 5.02 Å². The van der Waals surface area contributed by atoms with Gasteiger partial charge in [0.05, 0.1) is 24.2 Å². The van der Waals surface area contributed by atoms with Crippen LogP contribution in [0, 0.1) is 0 Å². The van der Waals surface area contributed by atoms with Gasteiger partial charge in [-0.3, -0.25) is 4.79 Å². The van der Waals surface area contributed by atoms with Crippen molar-refractivity contribution >= 4 is 17.6 Å². The molecule has 0 spiro atoms. The summed E-state index contributed by atoms with van der Waals surface area (Å²) < 4.78 is 10.2. The third kappa shape index (κ3) is 2.91. The van der Waals surface area contributed by atoms with Crippen LogP contribution in [0.5, 0.6) is 5.75 Å². The lowest BCUT2D eigenvalue weighted by atomic mass is 9.84. The number of carbonyl (C=O) groups excluding carboxylic acids is 1. The van der Waals surface area contributed by atoms with Crippen LogP contribution in [0.15, 0.2) is 18.2 Å². The molecule has 0 saturated heterocycles. The van der Waals surface area contributed by atoms with E-state index in [9.17, 15) is 4.79 Å². The quantitative estimate of drug-likeness (QED) is 0.776. The number of benzene rings is 1. The first-order valence-electron chi connectivity index (χ1n) is 5.44. The normalized spacial score (nSPS) is 11.1. The van der Waals surface area contributed by atoms with Gasteiger partial charge in [0.15, 0.2) is 0 Å². The topological polar surface area (TPSA) is 35.5 Å². The predicted molar refractivity (Wildman–Crippen MR) is 67.7 cm³/mol. The fraction of sp³-hybridized carbons (Fsp3) is 0.462. The number of ether oxygens (including phenoxy) is 2. The Morgan fingerprint density at radius 3 is 2.59 bits per heavy atom. The minimum absolute atomic E-state index is 0.260. The van der Waals surface area contributed by atoms with E-state index < -0.39 is 5.41 Å². The maximum atomic E-state index is 11.9. The zero-order valence-corrected chi connectivity index (χ0v) is 11.3. The highest BCUT2D eigenvalue weighted by Gasteiger charge is 2.31. The molecular weight excluding hydrogens is 240 g/mol. The molecule has 0 aliphatic heterocycles. The molecule has 4 heteroatoms. The number of carbonyl (C=O) groups is 1. The molecule has 0 aliphatic rings. The van der Waals surface area contributed by atoms with Gasteiger partial charge in [-0.2, -0.15) is 0 Å². The summed E-state index contributed by atoms with van der Waals surface area (Å²) in [7, 11) is 1.54. The first kappa shape index (κ1) is 13.8. The van der Waals surface area contributed by atoms with Crippen molar-refractivity contribution in [1.29, 1.82) is 0 Å². The zero-order valence-electron chi connectivity index (χ0n) is 10.5. The molecule has 3 nitrogen and oxygen atoms in total. The number of methoxy groups -OCH3 is 1. The molecule has 94 valence electrons. The molecule has 0 heterocycles. The maximum Gasteiger partial charge on any atom is 0.315 e. The average molecular weight is 257 g/mol. The number of esters is 1. The lowest BCUT2D eigenvalue weighted by molar-refractivity contribution is -0.148. The fourth-order valence-corrected chi connectivity index (χ4v) is 1.67. The van der Waals surface area contributed by atoms with Crippen molar-refractivity contribution in [2.45, 2.75) is 26.2 Å². The van der Waals surface area contributed by atoms with Crippen LogP contribution in [-0.4, -0.2) is 19.7 Å². The van der Waals surface area contributed by atoms with Crippen molar-refractivity contribution in [1.82, 2.24) is 0 Å². The minimum atomic E-state index is -0.714. The summed E-state index contributed by atoms with van der Waals surface area (Å²) >= 11 is 5.95. The fourth-order valence-electron chi connectivity index (χ4n) is 1.48. The molecule has 1 rings (SSSR count). The van der Waals surface area contributed by atoms with Gasteiger partial charge >= 0.3 is 5.97 Å². The number of halogens is 1. The van der Waals surface area contributed by atoms with Gasteiger partial charge in [0.25, 0.3) is 0 Å². The van der Waals surface area contributed by atoms with E-state index in [4.69, 9.17) is 21.1 Å². The first-order valence-corrected chi connectivity index (χ1v) is 5.82. The van der Waals surface area contributed by atoms with Gasteiger partial charge in [-0.05, 0) is 38.5 Å². The molecule has 0 unspecified atom stereocenters. The second kappa shape index (κ2) is 5.41. The van der Waals surface area contributed by atoms with Gasteiger partial charge in [-0.15, -0.1) is 0 Å². The van der Waals surface area contributed by atoms with Crippen LogP contribution in [0.4, 0.5) is 0 Å².